The molecule has 0 radical (unpaired) electrons. The zero-order valence-corrected chi connectivity index (χ0v) is 22.7. The zero-order valence-electron chi connectivity index (χ0n) is 21.8. The summed E-state index contributed by atoms with van der Waals surface area (Å²) in [4.78, 5) is 36.9. The van der Waals surface area contributed by atoms with Crippen LogP contribution in [0.4, 0.5) is 10.7 Å². The van der Waals surface area contributed by atoms with Gasteiger partial charge in [0.25, 0.3) is 5.91 Å². The number of fused-ring (bicyclic) bond motifs is 1. The van der Waals surface area contributed by atoms with E-state index in [-0.39, 0.29) is 17.9 Å². The molecular weight excluding hydrogens is 474 g/mol. The van der Waals surface area contributed by atoms with E-state index in [1.165, 1.54) is 11.3 Å². The number of hydrogen-bond acceptors (Lipinski definition) is 7. The lowest BCUT2D eigenvalue weighted by molar-refractivity contribution is 0.0225. The van der Waals surface area contributed by atoms with E-state index in [9.17, 15) is 9.59 Å². The summed E-state index contributed by atoms with van der Waals surface area (Å²) in [7, 11) is 0. The van der Waals surface area contributed by atoms with E-state index in [1.807, 2.05) is 71.9 Å². The zero-order chi connectivity index (χ0) is 26.5. The molecule has 1 aliphatic rings. The quantitative estimate of drug-likeness (QED) is 0.491. The molecule has 0 fully saturated rings. The van der Waals surface area contributed by atoms with Crippen LogP contribution in [0.2, 0.25) is 0 Å². The van der Waals surface area contributed by atoms with Gasteiger partial charge in [0.2, 0.25) is 5.95 Å². The average Bonchev–Trinajstić information content (AvgIpc) is 3.27. The van der Waals surface area contributed by atoms with Crippen LogP contribution in [0.25, 0.3) is 11.3 Å². The van der Waals surface area contributed by atoms with Gasteiger partial charge in [0.1, 0.15) is 5.60 Å². The third kappa shape index (κ3) is 6.81. The van der Waals surface area contributed by atoms with Crippen molar-refractivity contribution in [2.45, 2.75) is 66.7 Å². The van der Waals surface area contributed by atoms with Gasteiger partial charge in [0.15, 0.2) is 0 Å². The van der Waals surface area contributed by atoms with Crippen LogP contribution in [0.3, 0.4) is 0 Å². The Labute approximate surface area is 216 Å². The molecule has 0 aliphatic carbocycles. The van der Waals surface area contributed by atoms with Crippen LogP contribution in [0, 0.1) is 6.92 Å². The van der Waals surface area contributed by atoms with Crippen LogP contribution in [-0.2, 0) is 24.2 Å². The van der Waals surface area contributed by atoms with Gasteiger partial charge in [-0.1, -0.05) is 26.0 Å². The minimum Gasteiger partial charge on any atom is -0.444 e. The maximum absolute atomic E-state index is 12.8. The van der Waals surface area contributed by atoms with Gasteiger partial charge in [-0.15, -0.1) is 11.3 Å². The summed E-state index contributed by atoms with van der Waals surface area (Å²) in [6.45, 7) is 13.0. The van der Waals surface area contributed by atoms with Crippen molar-refractivity contribution in [1.82, 2.24) is 20.2 Å². The molecule has 0 atom stereocenters. The number of carbonyl (C=O) groups is 2. The SMILES string of the molecule is CC.Cc1cc(-c2ccnc(N)n2)ccc1CNC(=O)c1cc2c(s1)CCN(C(=O)OC(C)(C)C)C2. The Morgan fingerprint density at radius 1 is 1.19 bits per heavy atom. The number of amides is 2. The number of aromatic nitrogens is 2. The predicted molar refractivity (Wildman–Crippen MR) is 144 cm³/mol. The number of rotatable bonds is 4. The number of benzene rings is 1. The number of carbonyl (C=O) groups excluding carboxylic acids is 2. The molecule has 2 amide bonds. The van der Waals surface area contributed by atoms with Crippen molar-refractivity contribution >= 4 is 29.3 Å². The minimum absolute atomic E-state index is 0.115. The number of aryl methyl sites for hydroxylation is 1. The number of hydrogen-bond donors (Lipinski definition) is 2. The van der Waals surface area contributed by atoms with E-state index in [1.54, 1.807) is 11.1 Å². The van der Waals surface area contributed by atoms with Crippen LogP contribution >= 0.6 is 11.3 Å². The lowest BCUT2D eigenvalue weighted by atomic mass is 10.0. The molecule has 1 aliphatic heterocycles. The summed E-state index contributed by atoms with van der Waals surface area (Å²) in [5.41, 5.74) is 9.95. The highest BCUT2D eigenvalue weighted by Gasteiger charge is 2.27. The molecule has 0 bridgehead atoms. The van der Waals surface area contributed by atoms with Crippen LogP contribution in [-0.4, -0.2) is 39.0 Å². The van der Waals surface area contributed by atoms with E-state index in [0.717, 1.165) is 39.2 Å². The van der Waals surface area contributed by atoms with Crippen molar-refractivity contribution in [1.29, 1.82) is 0 Å². The molecule has 9 heteroatoms. The number of nitrogen functional groups attached to an aromatic ring is 1. The smallest absolute Gasteiger partial charge is 0.410 e. The van der Waals surface area contributed by atoms with Crippen LogP contribution in [0.15, 0.2) is 36.5 Å². The molecule has 192 valence electrons. The third-order valence-electron chi connectivity index (χ3n) is 5.49. The van der Waals surface area contributed by atoms with Crippen LogP contribution in [0.1, 0.15) is 65.9 Å². The summed E-state index contributed by atoms with van der Waals surface area (Å²) in [6, 6.07) is 9.68. The number of anilines is 1. The molecule has 0 saturated heterocycles. The number of nitrogens with two attached hydrogens (primary N) is 1. The van der Waals surface area contributed by atoms with Crippen molar-refractivity contribution in [2.75, 3.05) is 12.3 Å². The normalized spacial score (nSPS) is 12.8. The van der Waals surface area contributed by atoms with E-state index >= 15 is 0 Å². The average molecular weight is 510 g/mol. The standard InChI is InChI=1S/C25H29N5O3S.C2H6/c1-15-11-16(19-7-9-27-23(26)29-19)5-6-17(15)13-28-22(31)21-12-18-14-30(10-8-20(18)34-21)24(32)33-25(2,3)4;1-2/h5-7,9,11-12H,8,10,13-14H2,1-4H3,(H,28,31)(H2,26,27,29);1-2H3. The van der Waals surface area contributed by atoms with Gasteiger partial charge in [-0.05, 0) is 69.0 Å². The first-order valence-electron chi connectivity index (χ1n) is 12.2. The van der Waals surface area contributed by atoms with Gasteiger partial charge in [0.05, 0.1) is 17.1 Å². The molecule has 3 aromatic rings. The monoisotopic (exact) mass is 509 g/mol. The van der Waals surface area contributed by atoms with Gasteiger partial charge in [-0.2, -0.15) is 0 Å². The molecule has 0 saturated carbocycles. The van der Waals surface area contributed by atoms with E-state index < -0.39 is 5.60 Å². The highest BCUT2D eigenvalue weighted by atomic mass is 32.1. The van der Waals surface area contributed by atoms with Crippen LogP contribution in [0.5, 0.6) is 0 Å². The topological polar surface area (TPSA) is 110 Å². The summed E-state index contributed by atoms with van der Waals surface area (Å²) < 4.78 is 5.49. The second kappa shape index (κ2) is 11.5. The maximum atomic E-state index is 12.8. The third-order valence-corrected chi connectivity index (χ3v) is 6.73. The van der Waals surface area contributed by atoms with Crippen molar-refractivity contribution in [2.24, 2.45) is 0 Å². The molecule has 0 unspecified atom stereocenters. The summed E-state index contributed by atoms with van der Waals surface area (Å²) in [5.74, 6) is 0.120. The Hall–Kier alpha value is -3.46. The Morgan fingerprint density at radius 3 is 2.61 bits per heavy atom. The summed E-state index contributed by atoms with van der Waals surface area (Å²) >= 11 is 1.49. The highest BCUT2D eigenvalue weighted by Crippen LogP contribution is 2.29. The fraction of sp³-hybridized carbons (Fsp3) is 0.407. The Morgan fingerprint density at radius 2 is 1.94 bits per heavy atom. The van der Waals surface area contributed by atoms with Gasteiger partial charge < -0.3 is 20.7 Å². The number of thiophene rings is 1. The number of nitrogens with one attached hydrogen (secondary N) is 1. The van der Waals surface area contributed by atoms with Gasteiger partial charge in [-0.25, -0.2) is 14.8 Å². The molecule has 3 heterocycles. The Kier molecular flexibility index (Phi) is 8.68. The molecule has 8 nitrogen and oxygen atoms in total. The van der Waals surface area contributed by atoms with Gasteiger partial charge in [0, 0.05) is 29.7 Å². The van der Waals surface area contributed by atoms with Crippen LogP contribution < -0.4 is 11.1 Å². The fourth-order valence-corrected chi connectivity index (χ4v) is 4.86. The van der Waals surface area contributed by atoms with Crippen molar-refractivity contribution in [3.63, 3.8) is 0 Å². The Bertz CT molecular complexity index is 1230. The van der Waals surface area contributed by atoms with E-state index in [4.69, 9.17) is 10.5 Å². The molecule has 0 spiro atoms. The predicted octanol–water partition coefficient (Wildman–Crippen LogP) is 5.35. The lowest BCUT2D eigenvalue weighted by Gasteiger charge is -2.29. The molecule has 36 heavy (non-hydrogen) atoms. The summed E-state index contributed by atoms with van der Waals surface area (Å²) in [5, 5.41) is 3.02. The first-order valence-corrected chi connectivity index (χ1v) is 13.0. The lowest BCUT2D eigenvalue weighted by Crippen LogP contribution is -2.39. The van der Waals surface area contributed by atoms with Crippen molar-refractivity contribution in [3.8, 4) is 11.3 Å². The molecule has 1 aromatic carbocycles. The van der Waals surface area contributed by atoms with E-state index in [2.05, 4.69) is 15.3 Å². The maximum Gasteiger partial charge on any atom is 0.410 e. The first-order chi connectivity index (χ1) is 17.1. The number of ether oxygens (including phenoxy) is 1. The largest absolute Gasteiger partial charge is 0.444 e. The molecular formula is C27H35N5O3S. The van der Waals surface area contributed by atoms with E-state index in [0.29, 0.717) is 24.5 Å². The minimum atomic E-state index is -0.532. The van der Waals surface area contributed by atoms with Gasteiger partial charge >= 0.3 is 6.09 Å². The molecule has 2 aromatic heterocycles. The molecule has 4 rings (SSSR count). The second-order valence-corrected chi connectivity index (χ2v) is 10.5. The highest BCUT2D eigenvalue weighted by molar-refractivity contribution is 7.14. The first kappa shape index (κ1) is 27.1. The van der Waals surface area contributed by atoms with Gasteiger partial charge in [-0.3, -0.25) is 4.79 Å². The summed E-state index contributed by atoms with van der Waals surface area (Å²) in [6.07, 6.45) is 2.04. The molecule has 3 N–H and O–H groups in total. The number of nitrogens with zero attached hydrogens (tertiary/aromatic N) is 3. The van der Waals surface area contributed by atoms with Crippen molar-refractivity contribution in [3.05, 3.63) is 63.0 Å². The fourth-order valence-electron chi connectivity index (χ4n) is 3.78. The Balaban J connectivity index is 0.00000176. The second-order valence-electron chi connectivity index (χ2n) is 9.33. The van der Waals surface area contributed by atoms with Crippen molar-refractivity contribution < 1.29 is 14.3 Å².